The van der Waals surface area contributed by atoms with E-state index in [2.05, 4.69) is 20.8 Å². The van der Waals surface area contributed by atoms with E-state index in [4.69, 9.17) is 0 Å². The maximum absolute atomic E-state index is 3.95. The number of hydrogen-bond acceptors (Lipinski definition) is 0. The van der Waals surface area contributed by atoms with Crippen LogP contribution in [0, 0.1) is 12.8 Å². The lowest BCUT2D eigenvalue weighted by Gasteiger charge is -2.16. The molecule has 1 atom stereocenters. The van der Waals surface area contributed by atoms with Gasteiger partial charge in [0.1, 0.15) is 0 Å². The van der Waals surface area contributed by atoms with Crippen molar-refractivity contribution in [3.05, 3.63) is 6.92 Å². The molecule has 18 heavy (non-hydrogen) atoms. The second-order valence-electron chi connectivity index (χ2n) is 5.91. The molecule has 0 heterocycles. The molecular formula is C18H37. The molecule has 0 aliphatic carbocycles. The first-order valence-electron chi connectivity index (χ1n) is 8.64. The molecule has 0 aromatic rings. The highest BCUT2D eigenvalue weighted by Crippen LogP contribution is 2.23. The first-order valence-corrected chi connectivity index (χ1v) is 8.64. The van der Waals surface area contributed by atoms with Crippen molar-refractivity contribution in [2.24, 2.45) is 5.92 Å². The van der Waals surface area contributed by atoms with Crippen molar-refractivity contribution in [3.63, 3.8) is 0 Å². The van der Waals surface area contributed by atoms with Crippen molar-refractivity contribution in [2.45, 2.75) is 104 Å². The maximum atomic E-state index is 3.95. The molecule has 0 fully saturated rings. The minimum Gasteiger partial charge on any atom is -0.0654 e. The van der Waals surface area contributed by atoms with Crippen LogP contribution in [0.3, 0.4) is 0 Å². The van der Waals surface area contributed by atoms with Gasteiger partial charge in [0.05, 0.1) is 0 Å². The van der Waals surface area contributed by atoms with Gasteiger partial charge in [0, 0.05) is 0 Å². The van der Waals surface area contributed by atoms with E-state index in [1.807, 2.05) is 0 Å². The normalized spacial score (nSPS) is 11.3. The van der Waals surface area contributed by atoms with E-state index in [9.17, 15) is 0 Å². The summed E-state index contributed by atoms with van der Waals surface area (Å²) in [5.74, 6) is 1.02. The highest BCUT2D eigenvalue weighted by atomic mass is 14.1. The zero-order chi connectivity index (χ0) is 13.5. The standard InChI is InChI=1S/C18H37/c1-4-7-10-11-14-17-18(15-12-8-5-2)16-13-9-6-3/h18H,2,4-17H2,1,3H3. The van der Waals surface area contributed by atoms with Crippen LogP contribution in [-0.4, -0.2) is 0 Å². The summed E-state index contributed by atoms with van der Waals surface area (Å²) in [5, 5.41) is 0. The SMILES string of the molecule is [CH2]CCCCC(CCCCC)CCCCCCC. The molecule has 0 rings (SSSR count). The van der Waals surface area contributed by atoms with Crippen LogP contribution in [0.1, 0.15) is 104 Å². The van der Waals surface area contributed by atoms with Gasteiger partial charge in [-0.05, 0) is 5.92 Å². The van der Waals surface area contributed by atoms with Crippen LogP contribution >= 0.6 is 0 Å². The van der Waals surface area contributed by atoms with E-state index in [0.717, 1.165) is 12.3 Å². The smallest absolute Gasteiger partial charge is 0.0414 e. The number of hydrogen-bond donors (Lipinski definition) is 0. The Labute approximate surface area is 117 Å². The Bertz CT molecular complexity index is 129. The predicted molar refractivity (Wildman–Crippen MR) is 84.8 cm³/mol. The quantitative estimate of drug-likeness (QED) is 0.294. The lowest BCUT2D eigenvalue weighted by molar-refractivity contribution is 0.371. The summed E-state index contributed by atoms with van der Waals surface area (Å²) in [6, 6.07) is 0. The summed E-state index contributed by atoms with van der Waals surface area (Å²) in [7, 11) is 0. The molecule has 0 heteroatoms. The van der Waals surface area contributed by atoms with Gasteiger partial charge in [0.2, 0.25) is 0 Å². The molecule has 0 N–H and O–H groups in total. The molecule has 0 nitrogen and oxygen atoms in total. The van der Waals surface area contributed by atoms with Crippen LogP contribution in [0.4, 0.5) is 0 Å². The summed E-state index contributed by atoms with van der Waals surface area (Å²) in [6.45, 7) is 8.56. The lowest BCUT2D eigenvalue weighted by atomic mass is 9.90. The minimum absolute atomic E-state index is 1.02. The molecule has 0 aromatic carbocycles. The third kappa shape index (κ3) is 12.5. The second-order valence-corrected chi connectivity index (χ2v) is 5.91. The van der Waals surface area contributed by atoms with Crippen molar-refractivity contribution in [3.8, 4) is 0 Å². The topological polar surface area (TPSA) is 0 Å². The van der Waals surface area contributed by atoms with E-state index in [0.29, 0.717) is 0 Å². The molecule has 0 saturated heterocycles. The Hall–Kier alpha value is 0. The Morgan fingerprint density at radius 1 is 0.611 bits per heavy atom. The molecular weight excluding hydrogens is 216 g/mol. The molecule has 0 saturated carbocycles. The van der Waals surface area contributed by atoms with Gasteiger partial charge in [-0.25, -0.2) is 0 Å². The number of rotatable bonds is 14. The summed E-state index contributed by atoms with van der Waals surface area (Å²) in [6.07, 6.45) is 19.8. The fourth-order valence-corrected chi connectivity index (χ4v) is 2.76. The van der Waals surface area contributed by atoms with E-state index < -0.39 is 0 Å². The fraction of sp³-hybridized carbons (Fsp3) is 0.944. The largest absolute Gasteiger partial charge is 0.0654 e. The Balaban J connectivity index is 3.60. The first kappa shape index (κ1) is 18.0. The van der Waals surface area contributed by atoms with E-state index in [1.165, 1.54) is 83.5 Å². The summed E-state index contributed by atoms with van der Waals surface area (Å²) in [4.78, 5) is 0. The molecule has 1 unspecified atom stereocenters. The van der Waals surface area contributed by atoms with Gasteiger partial charge in [-0.3, -0.25) is 0 Å². The maximum Gasteiger partial charge on any atom is -0.0414 e. The van der Waals surface area contributed by atoms with Crippen LogP contribution in [0.5, 0.6) is 0 Å². The van der Waals surface area contributed by atoms with Crippen LogP contribution < -0.4 is 0 Å². The zero-order valence-electron chi connectivity index (χ0n) is 13.2. The molecule has 0 spiro atoms. The van der Waals surface area contributed by atoms with Crippen molar-refractivity contribution < 1.29 is 0 Å². The lowest BCUT2D eigenvalue weighted by Crippen LogP contribution is -2.01. The highest BCUT2D eigenvalue weighted by molar-refractivity contribution is 4.61. The van der Waals surface area contributed by atoms with E-state index in [1.54, 1.807) is 0 Å². The summed E-state index contributed by atoms with van der Waals surface area (Å²) in [5.41, 5.74) is 0. The average molecular weight is 253 g/mol. The second kappa shape index (κ2) is 15.1. The van der Waals surface area contributed by atoms with Gasteiger partial charge >= 0.3 is 0 Å². The first-order chi connectivity index (χ1) is 8.85. The van der Waals surface area contributed by atoms with Crippen LogP contribution in [0.15, 0.2) is 0 Å². The van der Waals surface area contributed by atoms with E-state index in [-0.39, 0.29) is 0 Å². The zero-order valence-corrected chi connectivity index (χ0v) is 13.2. The van der Waals surface area contributed by atoms with Gasteiger partial charge < -0.3 is 0 Å². The van der Waals surface area contributed by atoms with Crippen LogP contribution in [0.25, 0.3) is 0 Å². The van der Waals surface area contributed by atoms with E-state index >= 15 is 0 Å². The fourth-order valence-electron chi connectivity index (χ4n) is 2.76. The van der Waals surface area contributed by atoms with Gasteiger partial charge in [0.15, 0.2) is 0 Å². The average Bonchev–Trinajstić information content (AvgIpc) is 2.38. The predicted octanol–water partition coefficient (Wildman–Crippen LogP) is 6.94. The van der Waals surface area contributed by atoms with Crippen molar-refractivity contribution in [1.82, 2.24) is 0 Å². The molecule has 0 aromatic heterocycles. The Morgan fingerprint density at radius 3 is 1.61 bits per heavy atom. The Kier molecular flexibility index (Phi) is 15.1. The van der Waals surface area contributed by atoms with Gasteiger partial charge in [-0.15, -0.1) is 0 Å². The third-order valence-corrected chi connectivity index (χ3v) is 4.04. The van der Waals surface area contributed by atoms with Crippen LogP contribution in [-0.2, 0) is 0 Å². The Morgan fingerprint density at radius 2 is 1.06 bits per heavy atom. The number of unbranched alkanes of at least 4 members (excludes halogenated alkanes) is 8. The van der Waals surface area contributed by atoms with Crippen molar-refractivity contribution in [1.29, 1.82) is 0 Å². The highest BCUT2D eigenvalue weighted by Gasteiger charge is 2.07. The van der Waals surface area contributed by atoms with Gasteiger partial charge in [0.25, 0.3) is 0 Å². The third-order valence-electron chi connectivity index (χ3n) is 4.04. The molecule has 0 aliphatic heterocycles. The van der Waals surface area contributed by atoms with Gasteiger partial charge in [-0.2, -0.15) is 0 Å². The molecule has 0 bridgehead atoms. The molecule has 0 amide bonds. The molecule has 1 radical (unpaired) electrons. The minimum atomic E-state index is 1.02. The van der Waals surface area contributed by atoms with Crippen molar-refractivity contribution in [2.75, 3.05) is 0 Å². The summed E-state index contributed by atoms with van der Waals surface area (Å²) < 4.78 is 0. The molecule has 109 valence electrons. The summed E-state index contributed by atoms with van der Waals surface area (Å²) >= 11 is 0. The van der Waals surface area contributed by atoms with Gasteiger partial charge in [-0.1, -0.05) is 111 Å². The van der Waals surface area contributed by atoms with Crippen LogP contribution in [0.2, 0.25) is 0 Å². The van der Waals surface area contributed by atoms with Crippen molar-refractivity contribution >= 4 is 0 Å². The monoisotopic (exact) mass is 253 g/mol. The molecule has 0 aliphatic rings.